The van der Waals surface area contributed by atoms with Crippen molar-refractivity contribution in [3.05, 3.63) is 57.2 Å². The van der Waals surface area contributed by atoms with Gasteiger partial charge in [0.05, 0.1) is 19.4 Å². The minimum absolute atomic E-state index is 0.0646. The van der Waals surface area contributed by atoms with Crippen LogP contribution < -0.4 is 19.9 Å². The number of hydrogen-bond donors (Lipinski definition) is 1. The number of nitrogens with zero attached hydrogens (tertiary/aromatic N) is 1. The van der Waals surface area contributed by atoms with Crippen LogP contribution in [0.25, 0.3) is 6.08 Å². The second kappa shape index (κ2) is 7.77. The van der Waals surface area contributed by atoms with Crippen LogP contribution in [-0.2, 0) is 9.59 Å². The molecule has 0 aliphatic carbocycles. The van der Waals surface area contributed by atoms with Crippen molar-refractivity contribution in [1.82, 2.24) is 5.43 Å². The van der Waals surface area contributed by atoms with E-state index < -0.39 is 11.8 Å². The SMILES string of the molecule is CCOc1ccc(/C=C2\C(=O)NN(c3ccc(I)cc3)C2=O)cc1OC. The summed E-state index contributed by atoms with van der Waals surface area (Å²) in [5, 5.41) is 1.25. The third-order valence-electron chi connectivity index (χ3n) is 3.77. The molecule has 2 aromatic rings. The maximum Gasteiger partial charge on any atom is 0.282 e. The van der Waals surface area contributed by atoms with Crippen molar-refractivity contribution in [2.24, 2.45) is 0 Å². The summed E-state index contributed by atoms with van der Waals surface area (Å²) in [5.74, 6) is 0.312. The number of methoxy groups -OCH3 is 1. The van der Waals surface area contributed by atoms with E-state index in [-0.39, 0.29) is 5.57 Å². The molecule has 0 aromatic heterocycles. The molecule has 7 heteroatoms. The molecule has 6 nitrogen and oxygen atoms in total. The zero-order chi connectivity index (χ0) is 18.7. The van der Waals surface area contributed by atoms with Crippen LogP contribution in [0.1, 0.15) is 12.5 Å². The molecule has 0 radical (unpaired) electrons. The third-order valence-corrected chi connectivity index (χ3v) is 4.49. The summed E-state index contributed by atoms with van der Waals surface area (Å²) in [5.41, 5.74) is 3.93. The van der Waals surface area contributed by atoms with Crippen LogP contribution in [0.15, 0.2) is 48.0 Å². The third kappa shape index (κ3) is 3.67. The predicted molar refractivity (Wildman–Crippen MR) is 107 cm³/mol. The Morgan fingerprint density at radius 1 is 1.12 bits per heavy atom. The first-order chi connectivity index (χ1) is 12.5. The van der Waals surface area contributed by atoms with E-state index in [4.69, 9.17) is 9.47 Å². The largest absolute Gasteiger partial charge is 0.493 e. The molecule has 1 aliphatic rings. The van der Waals surface area contributed by atoms with Gasteiger partial charge in [-0.1, -0.05) is 6.07 Å². The number of hydrogen-bond acceptors (Lipinski definition) is 4. The van der Waals surface area contributed by atoms with Crippen LogP contribution in [0.2, 0.25) is 0 Å². The molecule has 1 saturated heterocycles. The van der Waals surface area contributed by atoms with Crippen LogP contribution >= 0.6 is 22.6 Å². The van der Waals surface area contributed by atoms with Crippen LogP contribution in [-0.4, -0.2) is 25.5 Å². The van der Waals surface area contributed by atoms with Gasteiger partial charge in [-0.25, -0.2) is 5.01 Å². The fourth-order valence-electron chi connectivity index (χ4n) is 2.54. The van der Waals surface area contributed by atoms with Gasteiger partial charge in [0.2, 0.25) is 0 Å². The second-order valence-electron chi connectivity index (χ2n) is 5.46. The molecule has 0 saturated carbocycles. The van der Waals surface area contributed by atoms with Crippen molar-refractivity contribution in [3.8, 4) is 11.5 Å². The van der Waals surface area contributed by atoms with Crippen molar-refractivity contribution < 1.29 is 19.1 Å². The number of carbonyl (C=O) groups excluding carboxylic acids is 2. The van der Waals surface area contributed by atoms with Crippen molar-refractivity contribution in [3.63, 3.8) is 0 Å². The first-order valence-corrected chi connectivity index (χ1v) is 9.05. The molecule has 2 aromatic carbocycles. The summed E-state index contributed by atoms with van der Waals surface area (Å²) in [6.07, 6.45) is 1.54. The van der Waals surface area contributed by atoms with Gasteiger partial charge in [0.25, 0.3) is 11.8 Å². The number of amides is 2. The molecule has 26 heavy (non-hydrogen) atoms. The summed E-state index contributed by atoms with van der Waals surface area (Å²) in [7, 11) is 1.54. The van der Waals surface area contributed by atoms with E-state index in [1.807, 2.05) is 19.1 Å². The topological polar surface area (TPSA) is 67.9 Å². The Hall–Kier alpha value is -2.55. The van der Waals surface area contributed by atoms with E-state index in [2.05, 4.69) is 28.0 Å². The zero-order valence-corrected chi connectivity index (χ0v) is 16.4. The van der Waals surface area contributed by atoms with Gasteiger partial charge in [-0.3, -0.25) is 15.0 Å². The van der Waals surface area contributed by atoms with E-state index in [0.717, 1.165) is 3.57 Å². The highest BCUT2D eigenvalue weighted by Crippen LogP contribution is 2.30. The summed E-state index contributed by atoms with van der Waals surface area (Å²) in [4.78, 5) is 24.9. The molecule has 0 bridgehead atoms. The number of nitrogens with one attached hydrogen (secondary N) is 1. The number of rotatable bonds is 5. The van der Waals surface area contributed by atoms with Gasteiger partial charge in [0.15, 0.2) is 11.5 Å². The van der Waals surface area contributed by atoms with Crippen molar-refractivity contribution in [2.45, 2.75) is 6.92 Å². The molecular weight excluding hydrogens is 447 g/mol. The Morgan fingerprint density at radius 2 is 1.85 bits per heavy atom. The number of halogens is 1. The van der Waals surface area contributed by atoms with Crippen molar-refractivity contribution in [2.75, 3.05) is 18.7 Å². The maximum atomic E-state index is 12.6. The van der Waals surface area contributed by atoms with E-state index in [1.54, 1.807) is 43.5 Å². The number of anilines is 1. The highest BCUT2D eigenvalue weighted by atomic mass is 127. The Bertz CT molecular complexity index is 878. The molecule has 1 fully saturated rings. The molecule has 3 rings (SSSR count). The number of benzene rings is 2. The lowest BCUT2D eigenvalue weighted by molar-refractivity contribution is -0.117. The minimum atomic E-state index is -0.443. The fraction of sp³-hybridized carbons (Fsp3) is 0.158. The minimum Gasteiger partial charge on any atom is -0.493 e. The molecule has 0 spiro atoms. The van der Waals surface area contributed by atoms with E-state index in [1.165, 1.54) is 5.01 Å². The summed E-state index contributed by atoms with van der Waals surface area (Å²) < 4.78 is 11.8. The monoisotopic (exact) mass is 464 g/mol. The smallest absolute Gasteiger partial charge is 0.282 e. The van der Waals surface area contributed by atoms with Crippen LogP contribution in [0, 0.1) is 3.57 Å². The molecule has 0 atom stereocenters. The van der Waals surface area contributed by atoms with E-state index in [0.29, 0.717) is 29.4 Å². The number of ether oxygens (including phenoxy) is 2. The standard InChI is InChI=1S/C19H17IN2O4/c1-3-26-16-9-4-12(11-17(16)25-2)10-15-18(23)21-22(19(15)24)14-7-5-13(20)6-8-14/h4-11H,3H2,1-2H3,(H,21,23)/b15-10+. The summed E-state index contributed by atoms with van der Waals surface area (Å²) in [6, 6.07) is 12.6. The molecule has 0 unspecified atom stereocenters. The van der Waals surface area contributed by atoms with E-state index in [9.17, 15) is 9.59 Å². The average Bonchev–Trinajstić information content (AvgIpc) is 2.92. The zero-order valence-electron chi connectivity index (χ0n) is 14.3. The fourth-order valence-corrected chi connectivity index (χ4v) is 2.90. The molecule has 1 N–H and O–H groups in total. The van der Waals surface area contributed by atoms with Crippen LogP contribution in [0.3, 0.4) is 0 Å². The second-order valence-corrected chi connectivity index (χ2v) is 6.70. The molecule has 1 aliphatic heterocycles. The summed E-state index contributed by atoms with van der Waals surface area (Å²) >= 11 is 2.18. The van der Waals surface area contributed by atoms with Gasteiger partial charge < -0.3 is 9.47 Å². The highest BCUT2D eigenvalue weighted by Gasteiger charge is 2.34. The number of hydrazine groups is 1. The van der Waals surface area contributed by atoms with E-state index >= 15 is 0 Å². The van der Waals surface area contributed by atoms with Gasteiger partial charge in [0.1, 0.15) is 5.57 Å². The molecule has 2 amide bonds. The van der Waals surface area contributed by atoms with Gasteiger partial charge in [-0.2, -0.15) is 0 Å². The molecular formula is C19H17IN2O4. The van der Waals surface area contributed by atoms with Gasteiger partial charge in [0, 0.05) is 3.57 Å². The lowest BCUT2D eigenvalue weighted by atomic mass is 10.1. The molecule has 134 valence electrons. The highest BCUT2D eigenvalue weighted by molar-refractivity contribution is 14.1. The van der Waals surface area contributed by atoms with Crippen molar-refractivity contribution >= 4 is 46.2 Å². The molecule has 1 heterocycles. The van der Waals surface area contributed by atoms with Gasteiger partial charge >= 0.3 is 0 Å². The van der Waals surface area contributed by atoms with Gasteiger partial charge in [-0.15, -0.1) is 0 Å². The summed E-state index contributed by atoms with van der Waals surface area (Å²) in [6.45, 7) is 2.40. The normalized spacial score (nSPS) is 15.3. The lowest BCUT2D eigenvalue weighted by Gasteiger charge is -2.14. The van der Waals surface area contributed by atoms with Crippen LogP contribution in [0.5, 0.6) is 11.5 Å². The van der Waals surface area contributed by atoms with Gasteiger partial charge in [-0.05, 0) is 77.6 Å². The average molecular weight is 464 g/mol. The first kappa shape index (κ1) is 18.2. The lowest BCUT2D eigenvalue weighted by Crippen LogP contribution is -2.35. The Kier molecular flexibility index (Phi) is 5.46. The quantitative estimate of drug-likeness (QED) is 0.420. The van der Waals surface area contributed by atoms with Crippen molar-refractivity contribution in [1.29, 1.82) is 0 Å². The first-order valence-electron chi connectivity index (χ1n) is 7.97. The predicted octanol–water partition coefficient (Wildman–Crippen LogP) is 3.16. The Morgan fingerprint density at radius 3 is 2.50 bits per heavy atom. The Balaban J connectivity index is 1.90. The number of carbonyl (C=O) groups is 2. The van der Waals surface area contributed by atoms with Crippen LogP contribution in [0.4, 0.5) is 5.69 Å². The Labute approximate surface area is 164 Å². The maximum absolute atomic E-state index is 12.6.